The first kappa shape index (κ1) is 42.8. The van der Waals surface area contributed by atoms with Gasteiger partial charge in [-0.05, 0) is 107 Å². The second-order valence-electron chi connectivity index (χ2n) is 12.2. The quantitative estimate of drug-likeness (QED) is 0.0575. The second-order valence-corrected chi connectivity index (χ2v) is 12.2. The summed E-state index contributed by atoms with van der Waals surface area (Å²) >= 11 is 0. The minimum absolute atomic E-state index is 0.241. The summed E-state index contributed by atoms with van der Waals surface area (Å²) in [6.07, 6.45) is 38.1. The number of methoxy groups -OCH3 is 1. The SMILES string of the molecule is COC(=O)C(C)=CC=CC(C)=CC=CC=C(C)C=CC=C(C)C=CCOC(=O)C=C(C)CCC=C(C)CCC=C(C)CCC=C(C)C. The molecule has 0 aliphatic heterocycles. The van der Waals surface area contributed by atoms with Crippen LogP contribution in [0.1, 0.15) is 101 Å². The third kappa shape index (κ3) is 26.7. The minimum atomic E-state index is -0.328. The van der Waals surface area contributed by atoms with Crippen molar-refractivity contribution in [1.29, 1.82) is 0 Å². The van der Waals surface area contributed by atoms with Crippen molar-refractivity contribution < 1.29 is 19.1 Å². The van der Waals surface area contributed by atoms with Gasteiger partial charge >= 0.3 is 11.9 Å². The van der Waals surface area contributed by atoms with Gasteiger partial charge in [0.25, 0.3) is 0 Å². The summed E-state index contributed by atoms with van der Waals surface area (Å²) in [6, 6.07) is 0. The maximum atomic E-state index is 12.2. The Bertz CT molecular complexity index is 1350. The number of esters is 2. The largest absolute Gasteiger partial charge is 0.466 e. The van der Waals surface area contributed by atoms with Crippen LogP contribution in [-0.4, -0.2) is 25.7 Å². The van der Waals surface area contributed by atoms with Crippen LogP contribution >= 0.6 is 0 Å². The molecule has 47 heavy (non-hydrogen) atoms. The van der Waals surface area contributed by atoms with E-state index in [1.807, 2.05) is 94.5 Å². The third-order valence-corrected chi connectivity index (χ3v) is 6.98. The number of hydrogen-bond donors (Lipinski definition) is 0. The summed E-state index contributed by atoms with van der Waals surface area (Å²) in [5, 5.41) is 0. The summed E-state index contributed by atoms with van der Waals surface area (Å²) in [6.45, 7) is 18.7. The Morgan fingerprint density at radius 1 is 0.553 bits per heavy atom. The molecule has 4 nitrogen and oxygen atoms in total. The van der Waals surface area contributed by atoms with Crippen LogP contribution in [-0.2, 0) is 19.1 Å². The summed E-state index contributed by atoms with van der Waals surface area (Å²) < 4.78 is 10.0. The van der Waals surface area contributed by atoms with Gasteiger partial charge in [-0.3, -0.25) is 0 Å². The van der Waals surface area contributed by atoms with Crippen LogP contribution in [0.25, 0.3) is 0 Å². The smallest absolute Gasteiger partial charge is 0.333 e. The Hall–Kier alpha value is -4.18. The van der Waals surface area contributed by atoms with Crippen molar-refractivity contribution in [2.75, 3.05) is 13.7 Å². The van der Waals surface area contributed by atoms with Crippen molar-refractivity contribution in [3.8, 4) is 0 Å². The van der Waals surface area contributed by atoms with Crippen LogP contribution in [0.4, 0.5) is 0 Å². The summed E-state index contributed by atoms with van der Waals surface area (Å²) in [5.74, 6) is -0.630. The number of hydrogen-bond acceptors (Lipinski definition) is 4. The Morgan fingerprint density at radius 3 is 1.55 bits per heavy atom. The molecule has 0 unspecified atom stereocenters. The molecule has 256 valence electrons. The van der Waals surface area contributed by atoms with Gasteiger partial charge in [-0.25, -0.2) is 9.59 Å². The summed E-state index contributed by atoms with van der Waals surface area (Å²) in [5.41, 5.74) is 9.06. The van der Waals surface area contributed by atoms with Gasteiger partial charge in [-0.15, -0.1) is 0 Å². The predicted octanol–water partition coefficient (Wildman–Crippen LogP) is 11.9. The summed E-state index contributed by atoms with van der Waals surface area (Å²) in [7, 11) is 1.37. The summed E-state index contributed by atoms with van der Waals surface area (Å²) in [4.78, 5) is 23.6. The molecule has 0 aromatic carbocycles. The Kier molecular flexibility index (Phi) is 24.6. The lowest BCUT2D eigenvalue weighted by atomic mass is 10.0. The molecule has 0 radical (unpaired) electrons. The molecular weight excluding hydrogens is 580 g/mol. The van der Waals surface area contributed by atoms with E-state index in [-0.39, 0.29) is 18.5 Å². The Labute approximate surface area is 286 Å². The molecule has 0 amide bonds. The molecule has 0 aliphatic rings. The van der Waals surface area contributed by atoms with Crippen LogP contribution in [0.5, 0.6) is 0 Å². The highest BCUT2D eigenvalue weighted by Gasteiger charge is 2.00. The van der Waals surface area contributed by atoms with Crippen molar-refractivity contribution in [3.63, 3.8) is 0 Å². The molecule has 0 saturated heterocycles. The van der Waals surface area contributed by atoms with Gasteiger partial charge in [0.05, 0.1) is 7.11 Å². The van der Waals surface area contributed by atoms with E-state index >= 15 is 0 Å². The van der Waals surface area contributed by atoms with Crippen molar-refractivity contribution in [1.82, 2.24) is 0 Å². The van der Waals surface area contributed by atoms with Gasteiger partial charge in [0.15, 0.2) is 0 Å². The van der Waals surface area contributed by atoms with E-state index in [0.717, 1.165) is 60.8 Å². The molecule has 0 fully saturated rings. The molecule has 0 aliphatic carbocycles. The van der Waals surface area contributed by atoms with Crippen molar-refractivity contribution in [2.24, 2.45) is 0 Å². The molecular formula is C43H60O4. The zero-order valence-corrected chi connectivity index (χ0v) is 30.8. The van der Waals surface area contributed by atoms with Crippen LogP contribution < -0.4 is 0 Å². The van der Waals surface area contributed by atoms with Crippen LogP contribution in [0, 0.1) is 0 Å². The van der Waals surface area contributed by atoms with E-state index in [1.165, 1.54) is 23.8 Å². The normalized spacial score (nSPS) is 14.6. The lowest BCUT2D eigenvalue weighted by molar-refractivity contribution is -0.137. The number of carbonyl (C=O) groups excluding carboxylic acids is 2. The number of allylic oxidation sites excluding steroid dienone is 21. The van der Waals surface area contributed by atoms with Crippen molar-refractivity contribution in [3.05, 3.63) is 142 Å². The van der Waals surface area contributed by atoms with Gasteiger partial charge in [0.1, 0.15) is 6.61 Å². The Morgan fingerprint density at radius 2 is 1.02 bits per heavy atom. The number of carbonyl (C=O) groups is 2. The first-order chi connectivity index (χ1) is 22.3. The molecule has 0 spiro atoms. The van der Waals surface area contributed by atoms with Crippen LogP contribution in [0.2, 0.25) is 0 Å². The fourth-order valence-corrected chi connectivity index (χ4v) is 4.07. The average molecular weight is 641 g/mol. The van der Waals surface area contributed by atoms with Gasteiger partial charge in [0.2, 0.25) is 0 Å². The standard InChI is InChI=1S/C43H60O4/c1-34(2)19-13-22-37(5)24-15-25-38(6)27-16-29-40(8)33-42(44)47-32-18-30-39(7)26-14-23-35(3)20-11-12-21-36(4)28-17-31-41(9)43(45)46-10/h11-12,14,17-21,23-24,26-28,30-31,33H,13,15-16,22,25,29,32H2,1-10H3. The van der Waals surface area contributed by atoms with Gasteiger partial charge < -0.3 is 9.47 Å². The van der Waals surface area contributed by atoms with Gasteiger partial charge in [-0.2, -0.15) is 0 Å². The Balaban J connectivity index is 4.52. The van der Waals surface area contributed by atoms with E-state index in [9.17, 15) is 9.59 Å². The molecule has 4 heteroatoms. The fourth-order valence-electron chi connectivity index (χ4n) is 4.07. The zero-order chi connectivity index (χ0) is 35.5. The lowest BCUT2D eigenvalue weighted by Crippen LogP contribution is -2.01. The number of ether oxygens (including phenoxy) is 2. The highest BCUT2D eigenvalue weighted by atomic mass is 16.5. The van der Waals surface area contributed by atoms with Crippen LogP contribution in [0.15, 0.2) is 142 Å². The topological polar surface area (TPSA) is 52.6 Å². The van der Waals surface area contributed by atoms with E-state index in [4.69, 9.17) is 4.74 Å². The maximum absolute atomic E-state index is 12.2. The zero-order valence-electron chi connectivity index (χ0n) is 30.8. The van der Waals surface area contributed by atoms with Gasteiger partial charge in [-0.1, -0.05) is 124 Å². The molecule has 0 saturated carbocycles. The fraction of sp³-hybridized carbons (Fsp3) is 0.395. The lowest BCUT2D eigenvalue weighted by Gasteiger charge is -2.03. The van der Waals surface area contributed by atoms with E-state index in [0.29, 0.717) is 5.57 Å². The monoisotopic (exact) mass is 640 g/mol. The van der Waals surface area contributed by atoms with E-state index < -0.39 is 0 Å². The molecule has 0 atom stereocenters. The van der Waals surface area contributed by atoms with E-state index in [2.05, 4.69) is 50.7 Å². The number of rotatable bonds is 20. The van der Waals surface area contributed by atoms with Gasteiger partial charge in [0, 0.05) is 11.6 Å². The molecule has 0 bridgehead atoms. The highest BCUT2D eigenvalue weighted by Crippen LogP contribution is 2.14. The third-order valence-electron chi connectivity index (χ3n) is 6.98. The minimum Gasteiger partial charge on any atom is -0.466 e. The first-order valence-corrected chi connectivity index (χ1v) is 16.6. The van der Waals surface area contributed by atoms with Crippen LogP contribution in [0.3, 0.4) is 0 Å². The molecule has 0 heterocycles. The molecule has 0 aromatic heterocycles. The molecule has 0 N–H and O–H groups in total. The molecule has 0 aromatic rings. The van der Waals surface area contributed by atoms with E-state index in [1.54, 1.807) is 19.1 Å². The maximum Gasteiger partial charge on any atom is 0.333 e. The molecule has 0 rings (SSSR count). The highest BCUT2D eigenvalue weighted by molar-refractivity contribution is 5.87. The average Bonchev–Trinajstić information content (AvgIpc) is 3.00. The second kappa shape index (κ2) is 27.0. The van der Waals surface area contributed by atoms with Crippen molar-refractivity contribution >= 4 is 11.9 Å². The van der Waals surface area contributed by atoms with Crippen molar-refractivity contribution in [2.45, 2.75) is 101 Å². The first-order valence-electron chi connectivity index (χ1n) is 16.6. The predicted molar refractivity (Wildman–Crippen MR) is 203 cm³/mol.